The maximum absolute atomic E-state index is 13.1. The van der Waals surface area contributed by atoms with Gasteiger partial charge in [-0.15, -0.1) is 0 Å². The van der Waals surface area contributed by atoms with Crippen LogP contribution in [0, 0.1) is 23.2 Å². The van der Waals surface area contributed by atoms with Crippen LogP contribution >= 0.6 is 0 Å². The van der Waals surface area contributed by atoms with Crippen LogP contribution in [0.25, 0.3) is 0 Å². The smallest absolute Gasteiger partial charge is 0.229 e. The SMILES string of the molecule is CC1C(N)CCN1C(=O)C12CC3CC(CC(C3)C1)C2. The molecule has 5 aliphatic rings. The predicted molar refractivity (Wildman–Crippen MR) is 74.4 cm³/mol. The van der Waals surface area contributed by atoms with Gasteiger partial charge in [0.05, 0.1) is 5.41 Å². The molecule has 106 valence electrons. The summed E-state index contributed by atoms with van der Waals surface area (Å²) in [6.07, 6.45) is 8.73. The molecule has 1 amide bonds. The van der Waals surface area contributed by atoms with Crippen LogP contribution in [0.1, 0.15) is 51.9 Å². The van der Waals surface area contributed by atoms with Gasteiger partial charge in [-0.05, 0) is 69.6 Å². The van der Waals surface area contributed by atoms with Crippen molar-refractivity contribution in [2.75, 3.05) is 6.54 Å². The molecular formula is C16H26N2O. The molecule has 3 nitrogen and oxygen atoms in total. The van der Waals surface area contributed by atoms with E-state index in [-0.39, 0.29) is 17.5 Å². The first-order valence-electron chi connectivity index (χ1n) is 8.14. The van der Waals surface area contributed by atoms with E-state index in [1.165, 1.54) is 38.5 Å². The van der Waals surface area contributed by atoms with Crippen molar-refractivity contribution < 1.29 is 4.79 Å². The van der Waals surface area contributed by atoms with Crippen LogP contribution in [0.4, 0.5) is 0 Å². The van der Waals surface area contributed by atoms with Gasteiger partial charge in [0.25, 0.3) is 0 Å². The van der Waals surface area contributed by atoms with E-state index < -0.39 is 0 Å². The lowest BCUT2D eigenvalue weighted by atomic mass is 9.49. The average molecular weight is 262 g/mol. The first kappa shape index (κ1) is 12.2. The number of rotatable bonds is 1. The maximum atomic E-state index is 13.1. The Morgan fingerprint density at radius 2 is 1.63 bits per heavy atom. The van der Waals surface area contributed by atoms with Crippen LogP contribution in [-0.2, 0) is 4.79 Å². The summed E-state index contributed by atoms with van der Waals surface area (Å²) in [5.41, 5.74) is 6.12. The normalized spacial score (nSPS) is 51.9. The van der Waals surface area contributed by atoms with Crippen LogP contribution in [0.5, 0.6) is 0 Å². The minimum absolute atomic E-state index is 0.0209. The van der Waals surface area contributed by atoms with Crippen LogP contribution in [-0.4, -0.2) is 29.4 Å². The van der Waals surface area contributed by atoms with Gasteiger partial charge in [0.15, 0.2) is 0 Å². The second kappa shape index (κ2) is 3.97. The fourth-order valence-electron chi connectivity index (χ4n) is 5.93. The lowest BCUT2D eigenvalue weighted by Gasteiger charge is -2.56. The summed E-state index contributed by atoms with van der Waals surface area (Å²) in [6.45, 7) is 3.03. The number of nitrogens with zero attached hydrogens (tertiary/aromatic N) is 1. The van der Waals surface area contributed by atoms with E-state index in [0.717, 1.165) is 30.7 Å². The molecule has 0 radical (unpaired) electrons. The zero-order chi connectivity index (χ0) is 13.2. The van der Waals surface area contributed by atoms with Gasteiger partial charge < -0.3 is 10.6 Å². The van der Waals surface area contributed by atoms with Crippen LogP contribution < -0.4 is 5.73 Å². The number of carbonyl (C=O) groups excluding carboxylic acids is 1. The molecule has 3 heteroatoms. The number of nitrogens with two attached hydrogens (primary N) is 1. The second-order valence-corrected chi connectivity index (χ2v) is 7.89. The van der Waals surface area contributed by atoms with Crippen LogP contribution in [0.3, 0.4) is 0 Å². The van der Waals surface area contributed by atoms with Gasteiger partial charge in [0.2, 0.25) is 5.91 Å². The van der Waals surface area contributed by atoms with Gasteiger partial charge in [0.1, 0.15) is 0 Å². The van der Waals surface area contributed by atoms with E-state index >= 15 is 0 Å². The van der Waals surface area contributed by atoms with Crippen molar-refractivity contribution in [1.29, 1.82) is 0 Å². The van der Waals surface area contributed by atoms with Crippen molar-refractivity contribution >= 4 is 5.91 Å². The molecule has 1 heterocycles. The Labute approximate surface area is 115 Å². The van der Waals surface area contributed by atoms with E-state index in [9.17, 15) is 4.79 Å². The Balaban J connectivity index is 1.60. The highest BCUT2D eigenvalue weighted by atomic mass is 16.2. The summed E-state index contributed by atoms with van der Waals surface area (Å²) in [7, 11) is 0. The molecule has 4 bridgehead atoms. The van der Waals surface area contributed by atoms with Crippen molar-refractivity contribution in [2.45, 2.75) is 64.0 Å². The number of hydrogen-bond acceptors (Lipinski definition) is 2. The molecule has 2 N–H and O–H groups in total. The number of hydrogen-bond donors (Lipinski definition) is 1. The van der Waals surface area contributed by atoms with Crippen molar-refractivity contribution in [1.82, 2.24) is 4.90 Å². The van der Waals surface area contributed by atoms with E-state index in [4.69, 9.17) is 5.73 Å². The summed E-state index contributed by atoms with van der Waals surface area (Å²) in [6, 6.07) is 0.443. The van der Waals surface area contributed by atoms with Gasteiger partial charge in [-0.3, -0.25) is 4.79 Å². The topological polar surface area (TPSA) is 46.3 Å². The summed E-state index contributed by atoms with van der Waals surface area (Å²) >= 11 is 0. The second-order valence-electron chi connectivity index (χ2n) is 7.89. The molecule has 2 unspecified atom stereocenters. The van der Waals surface area contributed by atoms with E-state index in [0.29, 0.717) is 5.91 Å². The summed E-state index contributed by atoms with van der Waals surface area (Å²) in [5, 5.41) is 0. The first-order chi connectivity index (χ1) is 9.07. The van der Waals surface area contributed by atoms with Crippen molar-refractivity contribution in [3.05, 3.63) is 0 Å². The van der Waals surface area contributed by atoms with Crippen LogP contribution in [0.15, 0.2) is 0 Å². The predicted octanol–water partition coefficient (Wildman–Crippen LogP) is 2.15. The molecule has 5 fully saturated rings. The van der Waals surface area contributed by atoms with E-state index in [1.807, 2.05) is 0 Å². The van der Waals surface area contributed by atoms with Gasteiger partial charge in [-0.2, -0.15) is 0 Å². The number of amides is 1. The zero-order valence-corrected chi connectivity index (χ0v) is 12.0. The average Bonchev–Trinajstić information content (AvgIpc) is 2.67. The Morgan fingerprint density at radius 3 is 2.05 bits per heavy atom. The third-order valence-electron chi connectivity index (χ3n) is 6.57. The Morgan fingerprint density at radius 1 is 1.11 bits per heavy atom. The standard InChI is InChI=1S/C16H26N2O/c1-10-14(17)2-3-18(10)15(19)16-7-11-4-12(8-16)6-13(5-11)9-16/h10-14H,2-9,17H2,1H3. The lowest BCUT2D eigenvalue weighted by Crippen LogP contribution is -2.56. The van der Waals surface area contributed by atoms with E-state index in [1.54, 1.807) is 0 Å². The minimum Gasteiger partial charge on any atom is -0.338 e. The zero-order valence-electron chi connectivity index (χ0n) is 12.0. The summed E-state index contributed by atoms with van der Waals surface area (Å²) in [4.78, 5) is 15.2. The molecule has 2 atom stereocenters. The number of carbonyl (C=O) groups is 1. The fraction of sp³-hybridized carbons (Fsp3) is 0.938. The molecule has 4 aliphatic carbocycles. The van der Waals surface area contributed by atoms with Crippen LogP contribution in [0.2, 0.25) is 0 Å². The highest BCUT2D eigenvalue weighted by Gasteiger charge is 2.56. The molecule has 1 aliphatic heterocycles. The van der Waals surface area contributed by atoms with Crippen molar-refractivity contribution in [3.8, 4) is 0 Å². The third kappa shape index (κ3) is 1.70. The largest absolute Gasteiger partial charge is 0.338 e. The Hall–Kier alpha value is -0.570. The molecule has 0 spiro atoms. The van der Waals surface area contributed by atoms with Gasteiger partial charge in [0, 0.05) is 18.6 Å². The van der Waals surface area contributed by atoms with Crippen molar-refractivity contribution in [2.24, 2.45) is 28.9 Å². The van der Waals surface area contributed by atoms with Gasteiger partial charge in [-0.1, -0.05) is 0 Å². The fourth-order valence-corrected chi connectivity index (χ4v) is 5.93. The molecular weight excluding hydrogens is 236 g/mol. The maximum Gasteiger partial charge on any atom is 0.229 e. The monoisotopic (exact) mass is 262 g/mol. The minimum atomic E-state index is 0.0209. The third-order valence-corrected chi connectivity index (χ3v) is 6.57. The molecule has 0 aromatic rings. The molecule has 19 heavy (non-hydrogen) atoms. The quantitative estimate of drug-likeness (QED) is 0.787. The number of likely N-dealkylation sites (tertiary alicyclic amines) is 1. The summed E-state index contributed by atoms with van der Waals surface area (Å²) in [5.74, 6) is 3.01. The molecule has 0 aromatic carbocycles. The van der Waals surface area contributed by atoms with Gasteiger partial charge >= 0.3 is 0 Å². The molecule has 5 rings (SSSR count). The van der Waals surface area contributed by atoms with E-state index in [2.05, 4.69) is 11.8 Å². The Bertz CT molecular complexity index is 370. The van der Waals surface area contributed by atoms with Crippen molar-refractivity contribution in [3.63, 3.8) is 0 Å². The summed E-state index contributed by atoms with van der Waals surface area (Å²) < 4.78 is 0. The molecule has 0 aromatic heterocycles. The molecule has 4 saturated carbocycles. The first-order valence-corrected chi connectivity index (χ1v) is 8.14. The Kier molecular flexibility index (Phi) is 2.55. The highest BCUT2D eigenvalue weighted by molar-refractivity contribution is 5.84. The highest BCUT2D eigenvalue weighted by Crippen LogP contribution is 2.60. The molecule has 1 saturated heterocycles. The van der Waals surface area contributed by atoms with Gasteiger partial charge in [-0.25, -0.2) is 0 Å². The lowest BCUT2D eigenvalue weighted by molar-refractivity contribution is -0.158.